The highest BCUT2D eigenvalue weighted by atomic mass is 35.5. The number of nitrogens with one attached hydrogen (secondary N) is 3. The van der Waals surface area contributed by atoms with Gasteiger partial charge >= 0.3 is 0 Å². The molecule has 0 radical (unpaired) electrons. The van der Waals surface area contributed by atoms with Gasteiger partial charge in [0.2, 0.25) is 0 Å². The van der Waals surface area contributed by atoms with E-state index in [4.69, 9.17) is 11.6 Å². The molecule has 31 heavy (non-hydrogen) atoms. The number of rotatable bonds is 6. The minimum absolute atomic E-state index is 0. The molecule has 3 N–H and O–H groups in total. The third kappa shape index (κ3) is 5.61. The highest BCUT2D eigenvalue weighted by Crippen LogP contribution is 2.59. The maximum absolute atomic E-state index is 13.0. The predicted molar refractivity (Wildman–Crippen MR) is 131 cm³/mol. The first kappa shape index (κ1) is 24.9. The van der Waals surface area contributed by atoms with Gasteiger partial charge in [0, 0.05) is 19.3 Å². The lowest BCUT2D eigenvalue weighted by Gasteiger charge is -2.56. The topological polar surface area (TPSA) is 66.1 Å². The van der Waals surface area contributed by atoms with Crippen LogP contribution in [0.1, 0.15) is 61.7 Å². The first-order chi connectivity index (χ1) is 14.1. The standard InChI is InChI=1S/C23H33ClN4O.2ClH/c24-20-13-27-21(26-12-15-1-3-25-4-2-15)8-19(20)22(29)28-14-23-9-16-5-17(10-23)7-18(6-16)11-23;;/h8,13,15-18,25H,1-7,9-12,14H2,(H,26,27)(H,28,29);2*1H. The number of pyridine rings is 1. The van der Waals surface area contributed by atoms with Gasteiger partial charge in [-0.15, -0.1) is 24.8 Å². The first-order valence-electron chi connectivity index (χ1n) is 11.5. The largest absolute Gasteiger partial charge is 0.370 e. The van der Waals surface area contributed by atoms with Crippen LogP contribution in [0, 0.1) is 29.1 Å². The van der Waals surface area contributed by atoms with Crippen molar-refractivity contribution in [2.45, 2.75) is 51.4 Å². The maximum atomic E-state index is 13.0. The number of carbonyl (C=O) groups excluding carboxylic acids is 1. The number of hydrogen-bond donors (Lipinski definition) is 3. The zero-order chi connectivity index (χ0) is 19.8. The molecule has 174 valence electrons. The average molecular weight is 490 g/mol. The van der Waals surface area contributed by atoms with Crippen LogP contribution in [0.15, 0.2) is 12.3 Å². The van der Waals surface area contributed by atoms with Crippen molar-refractivity contribution >= 4 is 48.1 Å². The second-order valence-electron chi connectivity index (χ2n) is 10.2. The molecule has 5 nitrogen and oxygen atoms in total. The molecule has 2 heterocycles. The summed E-state index contributed by atoms with van der Waals surface area (Å²) in [4.78, 5) is 17.3. The van der Waals surface area contributed by atoms with E-state index in [1.54, 1.807) is 6.20 Å². The molecule has 5 aliphatic rings. The van der Waals surface area contributed by atoms with E-state index in [1.165, 1.54) is 51.4 Å². The Hall–Kier alpha value is -0.750. The van der Waals surface area contributed by atoms with Crippen molar-refractivity contribution in [2.75, 3.05) is 31.5 Å². The Morgan fingerprint density at radius 1 is 1.10 bits per heavy atom. The Morgan fingerprint density at radius 3 is 2.32 bits per heavy atom. The number of carbonyl (C=O) groups is 1. The number of nitrogens with zero attached hydrogens (tertiary/aromatic N) is 1. The summed E-state index contributed by atoms with van der Waals surface area (Å²) in [5.74, 6) is 4.03. The minimum atomic E-state index is -0.0574. The lowest BCUT2D eigenvalue weighted by molar-refractivity contribution is -0.0503. The van der Waals surface area contributed by atoms with Gasteiger partial charge < -0.3 is 16.0 Å². The molecule has 4 saturated carbocycles. The van der Waals surface area contributed by atoms with Gasteiger partial charge in [-0.1, -0.05) is 11.6 Å². The molecule has 4 bridgehead atoms. The SMILES string of the molecule is Cl.Cl.O=C(NCC12CC3CC(CC(C3)C1)C2)c1cc(NCC2CCNCC2)ncc1Cl. The van der Waals surface area contributed by atoms with E-state index in [0.717, 1.165) is 49.8 Å². The maximum Gasteiger partial charge on any atom is 0.253 e. The fourth-order valence-electron chi connectivity index (χ4n) is 6.91. The minimum Gasteiger partial charge on any atom is -0.370 e. The summed E-state index contributed by atoms with van der Waals surface area (Å²) in [5, 5.41) is 10.5. The number of anilines is 1. The van der Waals surface area contributed by atoms with E-state index in [-0.39, 0.29) is 30.7 Å². The number of piperidine rings is 1. The van der Waals surface area contributed by atoms with Crippen LogP contribution < -0.4 is 16.0 Å². The number of amides is 1. The van der Waals surface area contributed by atoms with Gasteiger partial charge in [0.25, 0.3) is 5.91 Å². The second kappa shape index (κ2) is 10.5. The molecule has 1 aliphatic heterocycles. The molecular weight excluding hydrogens is 455 g/mol. The first-order valence-corrected chi connectivity index (χ1v) is 11.8. The quantitative estimate of drug-likeness (QED) is 0.530. The molecule has 0 spiro atoms. The lowest BCUT2D eigenvalue weighted by atomic mass is 9.49. The normalized spacial score (nSPS) is 31.5. The van der Waals surface area contributed by atoms with E-state index in [1.807, 2.05) is 6.07 Å². The molecule has 0 atom stereocenters. The van der Waals surface area contributed by atoms with Crippen LogP contribution in [0.5, 0.6) is 0 Å². The number of aromatic nitrogens is 1. The Kier molecular flexibility index (Phi) is 8.39. The molecule has 1 aromatic heterocycles. The third-order valence-corrected chi connectivity index (χ3v) is 8.22. The molecule has 0 aromatic carbocycles. The van der Waals surface area contributed by atoms with Crippen LogP contribution in [-0.2, 0) is 0 Å². The zero-order valence-electron chi connectivity index (χ0n) is 18.0. The molecule has 1 saturated heterocycles. The van der Waals surface area contributed by atoms with Gasteiger partial charge in [-0.25, -0.2) is 4.98 Å². The van der Waals surface area contributed by atoms with Crippen molar-refractivity contribution in [2.24, 2.45) is 29.1 Å². The van der Waals surface area contributed by atoms with Gasteiger partial charge in [0.15, 0.2) is 0 Å². The molecule has 1 aromatic rings. The fraction of sp³-hybridized carbons (Fsp3) is 0.739. The summed E-state index contributed by atoms with van der Waals surface area (Å²) in [5.41, 5.74) is 0.874. The average Bonchev–Trinajstić information content (AvgIpc) is 2.71. The molecule has 0 unspecified atom stereocenters. The lowest BCUT2D eigenvalue weighted by Crippen LogP contribution is -2.51. The Balaban J connectivity index is 0.00000136. The number of hydrogen-bond acceptors (Lipinski definition) is 4. The Morgan fingerprint density at radius 2 is 1.71 bits per heavy atom. The van der Waals surface area contributed by atoms with Gasteiger partial charge in [0.1, 0.15) is 5.82 Å². The van der Waals surface area contributed by atoms with Crippen molar-refractivity contribution in [3.05, 3.63) is 22.8 Å². The van der Waals surface area contributed by atoms with E-state index < -0.39 is 0 Å². The van der Waals surface area contributed by atoms with Gasteiger partial charge in [-0.3, -0.25) is 4.79 Å². The van der Waals surface area contributed by atoms with Crippen LogP contribution in [0.4, 0.5) is 5.82 Å². The summed E-state index contributed by atoms with van der Waals surface area (Å²) in [6.45, 7) is 3.85. The summed E-state index contributed by atoms with van der Waals surface area (Å²) >= 11 is 6.34. The summed E-state index contributed by atoms with van der Waals surface area (Å²) in [6.07, 6.45) is 12.1. The van der Waals surface area contributed by atoms with Crippen molar-refractivity contribution < 1.29 is 4.79 Å². The molecule has 4 aliphatic carbocycles. The fourth-order valence-corrected chi connectivity index (χ4v) is 7.10. The van der Waals surface area contributed by atoms with Gasteiger partial charge in [-0.2, -0.15) is 0 Å². The van der Waals surface area contributed by atoms with E-state index in [2.05, 4.69) is 20.9 Å². The molecular formula is C23H35Cl3N4O. The summed E-state index contributed by atoms with van der Waals surface area (Å²) in [7, 11) is 0. The highest BCUT2D eigenvalue weighted by Gasteiger charge is 2.50. The van der Waals surface area contributed by atoms with Crippen molar-refractivity contribution in [3.8, 4) is 0 Å². The second-order valence-corrected chi connectivity index (χ2v) is 10.6. The Bertz CT molecular complexity index is 734. The van der Waals surface area contributed by atoms with Crippen LogP contribution >= 0.6 is 36.4 Å². The van der Waals surface area contributed by atoms with E-state index >= 15 is 0 Å². The molecule has 8 heteroatoms. The number of halogens is 3. The van der Waals surface area contributed by atoms with Crippen molar-refractivity contribution in [1.82, 2.24) is 15.6 Å². The molecule has 5 fully saturated rings. The summed E-state index contributed by atoms with van der Waals surface area (Å²) in [6, 6.07) is 1.82. The third-order valence-electron chi connectivity index (χ3n) is 7.92. The van der Waals surface area contributed by atoms with E-state index in [0.29, 0.717) is 21.9 Å². The summed E-state index contributed by atoms with van der Waals surface area (Å²) < 4.78 is 0. The molecule has 1 amide bonds. The van der Waals surface area contributed by atoms with Crippen LogP contribution in [0.2, 0.25) is 5.02 Å². The van der Waals surface area contributed by atoms with Gasteiger partial charge in [-0.05, 0) is 99.6 Å². The van der Waals surface area contributed by atoms with Crippen LogP contribution in [-0.4, -0.2) is 37.1 Å². The smallest absolute Gasteiger partial charge is 0.253 e. The van der Waals surface area contributed by atoms with Gasteiger partial charge in [0.05, 0.1) is 10.6 Å². The van der Waals surface area contributed by atoms with Crippen molar-refractivity contribution in [1.29, 1.82) is 0 Å². The van der Waals surface area contributed by atoms with Crippen LogP contribution in [0.3, 0.4) is 0 Å². The Labute approximate surface area is 203 Å². The molecule has 6 rings (SSSR count). The van der Waals surface area contributed by atoms with Crippen LogP contribution in [0.25, 0.3) is 0 Å². The monoisotopic (exact) mass is 488 g/mol. The van der Waals surface area contributed by atoms with E-state index in [9.17, 15) is 4.79 Å². The van der Waals surface area contributed by atoms with Crippen molar-refractivity contribution in [3.63, 3.8) is 0 Å². The highest BCUT2D eigenvalue weighted by molar-refractivity contribution is 6.33. The zero-order valence-corrected chi connectivity index (χ0v) is 20.4. The predicted octanol–water partition coefficient (Wildman–Crippen LogP) is 4.94.